The molecule has 0 aliphatic rings. The summed E-state index contributed by atoms with van der Waals surface area (Å²) in [5.74, 6) is -0.215. The Bertz CT molecular complexity index is 699. The third kappa shape index (κ3) is 4.10. The molecule has 2 aromatic rings. The van der Waals surface area contributed by atoms with E-state index < -0.39 is 0 Å². The van der Waals surface area contributed by atoms with Gasteiger partial charge in [-0.25, -0.2) is 4.98 Å². The maximum atomic E-state index is 12.5. The van der Waals surface area contributed by atoms with Crippen LogP contribution < -0.4 is 5.32 Å². The summed E-state index contributed by atoms with van der Waals surface area (Å²) in [4.78, 5) is 29.9. The van der Waals surface area contributed by atoms with Crippen LogP contribution in [0.4, 0.5) is 0 Å². The maximum absolute atomic E-state index is 12.5. The zero-order valence-electron chi connectivity index (χ0n) is 13.0. The van der Waals surface area contributed by atoms with Crippen LogP contribution >= 0.6 is 11.6 Å². The number of nitrogens with one attached hydrogen (secondary N) is 1. The molecule has 6 nitrogen and oxygen atoms in total. The fourth-order valence-electron chi connectivity index (χ4n) is 2.03. The Morgan fingerprint density at radius 1 is 1.30 bits per heavy atom. The topological polar surface area (TPSA) is 75.4 Å². The van der Waals surface area contributed by atoms with Crippen LogP contribution in [-0.2, 0) is 6.54 Å². The van der Waals surface area contributed by atoms with Gasteiger partial charge < -0.3 is 14.6 Å². The van der Waals surface area contributed by atoms with Crippen molar-refractivity contribution in [3.63, 3.8) is 0 Å². The zero-order chi connectivity index (χ0) is 16.8. The van der Waals surface area contributed by atoms with Crippen molar-refractivity contribution in [3.05, 3.63) is 52.7 Å². The summed E-state index contributed by atoms with van der Waals surface area (Å²) in [6.07, 6.45) is 1.29. The highest BCUT2D eigenvalue weighted by Gasteiger charge is 2.20. The number of halogens is 1. The number of hydrogen-bond donors (Lipinski definition) is 1. The lowest BCUT2D eigenvalue weighted by Gasteiger charge is -2.19. The van der Waals surface area contributed by atoms with Gasteiger partial charge in [-0.2, -0.15) is 0 Å². The van der Waals surface area contributed by atoms with Gasteiger partial charge in [0.05, 0.1) is 17.1 Å². The number of amides is 2. The molecule has 1 N–H and O–H groups in total. The lowest BCUT2D eigenvalue weighted by molar-refractivity contribution is 0.0738. The Hall–Kier alpha value is -2.34. The predicted molar refractivity (Wildman–Crippen MR) is 86.4 cm³/mol. The minimum absolute atomic E-state index is 0.167. The fraction of sp³-hybridized carbons (Fsp3) is 0.312. The molecule has 0 unspecified atom stereocenters. The van der Waals surface area contributed by atoms with Gasteiger partial charge in [0.25, 0.3) is 11.8 Å². The minimum Gasteiger partial charge on any atom is -0.446 e. The molecule has 0 aliphatic heterocycles. The lowest BCUT2D eigenvalue weighted by Crippen LogP contribution is -2.30. The number of benzene rings is 1. The fourth-order valence-corrected chi connectivity index (χ4v) is 2.25. The van der Waals surface area contributed by atoms with E-state index >= 15 is 0 Å². The molecule has 122 valence electrons. The van der Waals surface area contributed by atoms with Crippen molar-refractivity contribution < 1.29 is 14.0 Å². The highest BCUT2D eigenvalue weighted by Crippen LogP contribution is 2.18. The second-order valence-corrected chi connectivity index (χ2v) is 5.19. The molecular formula is C16H18ClN3O3. The molecule has 0 aliphatic carbocycles. The molecule has 1 aromatic heterocycles. The van der Waals surface area contributed by atoms with E-state index in [-0.39, 0.29) is 24.1 Å². The first-order chi connectivity index (χ1) is 11.1. The molecule has 2 amide bonds. The number of aromatic nitrogens is 1. The molecule has 0 fully saturated rings. The summed E-state index contributed by atoms with van der Waals surface area (Å²) in [7, 11) is 0. The predicted octanol–water partition coefficient (Wildman–Crippen LogP) is 2.74. The zero-order valence-corrected chi connectivity index (χ0v) is 13.8. The number of rotatable bonds is 6. The average Bonchev–Trinajstić information content (AvgIpc) is 3.01. The van der Waals surface area contributed by atoms with Crippen molar-refractivity contribution in [2.45, 2.75) is 20.4 Å². The van der Waals surface area contributed by atoms with E-state index in [1.54, 1.807) is 29.2 Å². The van der Waals surface area contributed by atoms with Crippen LogP contribution in [0.3, 0.4) is 0 Å². The molecule has 0 atom stereocenters. The van der Waals surface area contributed by atoms with E-state index in [9.17, 15) is 9.59 Å². The van der Waals surface area contributed by atoms with Gasteiger partial charge in [-0.3, -0.25) is 9.59 Å². The Labute approximate surface area is 139 Å². The monoisotopic (exact) mass is 335 g/mol. The van der Waals surface area contributed by atoms with Gasteiger partial charge in [0.15, 0.2) is 5.69 Å². The van der Waals surface area contributed by atoms with Crippen LogP contribution in [0.15, 0.2) is 34.9 Å². The van der Waals surface area contributed by atoms with E-state index in [0.29, 0.717) is 29.6 Å². The standard InChI is InChI=1S/C16H18ClN3O3/c1-3-18-15(21)13-10-23-14(19-13)9-20(4-2)16(22)11-7-5-6-8-12(11)17/h5-8,10H,3-4,9H2,1-2H3,(H,18,21). The van der Waals surface area contributed by atoms with Crippen LogP contribution in [0, 0.1) is 0 Å². The van der Waals surface area contributed by atoms with Crippen molar-refractivity contribution in [1.82, 2.24) is 15.2 Å². The summed E-state index contributed by atoms with van der Waals surface area (Å²) in [6.45, 7) is 4.80. The van der Waals surface area contributed by atoms with Crippen molar-refractivity contribution in [2.75, 3.05) is 13.1 Å². The molecule has 7 heteroatoms. The molecule has 0 saturated carbocycles. The Kier molecular flexibility index (Phi) is 5.76. The van der Waals surface area contributed by atoms with Crippen LogP contribution in [0.5, 0.6) is 0 Å². The molecular weight excluding hydrogens is 318 g/mol. The molecule has 1 heterocycles. The van der Waals surface area contributed by atoms with Crippen LogP contribution in [0.2, 0.25) is 5.02 Å². The second kappa shape index (κ2) is 7.78. The highest BCUT2D eigenvalue weighted by atomic mass is 35.5. The quantitative estimate of drug-likeness (QED) is 0.880. The second-order valence-electron chi connectivity index (χ2n) is 4.79. The number of carbonyl (C=O) groups excluding carboxylic acids is 2. The van der Waals surface area contributed by atoms with Crippen molar-refractivity contribution in [2.24, 2.45) is 0 Å². The van der Waals surface area contributed by atoms with Crippen LogP contribution in [-0.4, -0.2) is 34.8 Å². The van der Waals surface area contributed by atoms with E-state index in [4.69, 9.17) is 16.0 Å². The Morgan fingerprint density at radius 2 is 2.04 bits per heavy atom. The Balaban J connectivity index is 2.12. The molecule has 0 saturated heterocycles. The minimum atomic E-state index is -0.303. The first-order valence-electron chi connectivity index (χ1n) is 7.33. The number of nitrogens with zero attached hydrogens (tertiary/aromatic N) is 2. The van der Waals surface area contributed by atoms with Gasteiger partial charge in [-0.05, 0) is 26.0 Å². The van der Waals surface area contributed by atoms with Crippen molar-refractivity contribution in [1.29, 1.82) is 0 Å². The highest BCUT2D eigenvalue weighted by molar-refractivity contribution is 6.33. The van der Waals surface area contributed by atoms with Crippen molar-refractivity contribution in [3.8, 4) is 0 Å². The summed E-state index contributed by atoms with van der Waals surface area (Å²) in [5, 5.41) is 3.03. The summed E-state index contributed by atoms with van der Waals surface area (Å²) in [5.41, 5.74) is 0.620. The maximum Gasteiger partial charge on any atom is 0.273 e. The average molecular weight is 336 g/mol. The normalized spacial score (nSPS) is 10.4. The molecule has 0 spiro atoms. The summed E-state index contributed by atoms with van der Waals surface area (Å²) >= 11 is 6.06. The number of carbonyl (C=O) groups is 2. The van der Waals surface area contributed by atoms with Gasteiger partial charge in [0, 0.05) is 13.1 Å². The van der Waals surface area contributed by atoms with Gasteiger partial charge >= 0.3 is 0 Å². The largest absolute Gasteiger partial charge is 0.446 e. The lowest BCUT2D eigenvalue weighted by atomic mass is 10.2. The molecule has 1 aromatic carbocycles. The Morgan fingerprint density at radius 3 is 2.70 bits per heavy atom. The molecule has 23 heavy (non-hydrogen) atoms. The van der Waals surface area contributed by atoms with Gasteiger partial charge in [-0.15, -0.1) is 0 Å². The SMILES string of the molecule is CCNC(=O)c1coc(CN(CC)C(=O)c2ccccc2Cl)n1. The van der Waals surface area contributed by atoms with Crippen LogP contribution in [0.25, 0.3) is 0 Å². The van der Waals surface area contributed by atoms with E-state index in [2.05, 4.69) is 10.3 Å². The first-order valence-corrected chi connectivity index (χ1v) is 7.71. The van der Waals surface area contributed by atoms with Gasteiger partial charge in [0.2, 0.25) is 5.89 Å². The molecule has 2 rings (SSSR count). The molecule has 0 radical (unpaired) electrons. The van der Waals surface area contributed by atoms with E-state index in [1.807, 2.05) is 13.8 Å². The van der Waals surface area contributed by atoms with E-state index in [0.717, 1.165) is 0 Å². The van der Waals surface area contributed by atoms with Gasteiger partial charge in [-0.1, -0.05) is 23.7 Å². The third-order valence-electron chi connectivity index (χ3n) is 3.22. The number of hydrogen-bond acceptors (Lipinski definition) is 4. The smallest absolute Gasteiger partial charge is 0.273 e. The molecule has 0 bridgehead atoms. The van der Waals surface area contributed by atoms with E-state index in [1.165, 1.54) is 6.26 Å². The first kappa shape index (κ1) is 17.0. The summed E-state index contributed by atoms with van der Waals surface area (Å²) < 4.78 is 5.28. The van der Waals surface area contributed by atoms with Crippen molar-refractivity contribution >= 4 is 23.4 Å². The van der Waals surface area contributed by atoms with Gasteiger partial charge in [0.1, 0.15) is 6.26 Å². The summed E-state index contributed by atoms with van der Waals surface area (Å²) in [6, 6.07) is 6.86. The van der Waals surface area contributed by atoms with Crippen LogP contribution in [0.1, 0.15) is 40.6 Å². The number of oxazole rings is 1. The third-order valence-corrected chi connectivity index (χ3v) is 3.55.